The predicted molar refractivity (Wildman–Crippen MR) is 55.7 cm³/mol. The van der Waals surface area contributed by atoms with Gasteiger partial charge in [0.05, 0.1) is 12.2 Å². The Kier molecular flexibility index (Phi) is 4.14. The summed E-state index contributed by atoms with van der Waals surface area (Å²) < 4.78 is 4.57. The number of hydroxylamine groups is 1. The van der Waals surface area contributed by atoms with Crippen molar-refractivity contribution in [1.82, 2.24) is 5.48 Å². The lowest BCUT2D eigenvalue weighted by molar-refractivity contribution is 0.0956. The molecule has 86 valence electrons. The second-order valence-electron chi connectivity index (χ2n) is 2.79. The molecule has 0 radical (unpaired) electrons. The number of para-hydroxylation sites is 1. The number of benzene rings is 1. The fourth-order valence-electron chi connectivity index (χ4n) is 1.02. The van der Waals surface area contributed by atoms with Crippen LogP contribution in [0.2, 0.25) is 0 Å². The zero-order valence-electron chi connectivity index (χ0n) is 8.73. The number of hydrogen-bond donors (Lipinski definition) is 2. The first-order valence-corrected chi connectivity index (χ1v) is 4.63. The van der Waals surface area contributed by atoms with Crippen LogP contribution in [0.25, 0.3) is 0 Å². The Morgan fingerprint density at radius 1 is 1.38 bits per heavy atom. The van der Waals surface area contributed by atoms with Crippen molar-refractivity contribution in [2.45, 2.75) is 6.92 Å². The van der Waals surface area contributed by atoms with Crippen LogP contribution in [-0.2, 0) is 4.74 Å². The molecule has 0 saturated carbocycles. The second kappa shape index (κ2) is 5.59. The Morgan fingerprint density at radius 3 is 2.69 bits per heavy atom. The van der Waals surface area contributed by atoms with Crippen molar-refractivity contribution in [2.75, 3.05) is 6.61 Å². The summed E-state index contributed by atoms with van der Waals surface area (Å²) in [6, 6.07) is 6.28. The molecule has 2 amide bonds. The summed E-state index contributed by atoms with van der Waals surface area (Å²) in [6.45, 7) is 1.89. The van der Waals surface area contributed by atoms with E-state index in [0.717, 1.165) is 0 Å². The van der Waals surface area contributed by atoms with Crippen LogP contribution in [0.1, 0.15) is 17.3 Å². The van der Waals surface area contributed by atoms with Gasteiger partial charge in [-0.05, 0) is 19.1 Å². The molecular weight excluding hydrogens is 212 g/mol. The summed E-state index contributed by atoms with van der Waals surface area (Å²) in [5.74, 6) is -0.468. The number of nitrogens with one attached hydrogen (secondary N) is 1. The predicted octanol–water partition coefficient (Wildman–Crippen LogP) is 0.825. The molecule has 0 aromatic heterocycles. The maximum absolute atomic E-state index is 11.0. The molecule has 3 N–H and O–H groups in total. The molecule has 6 nitrogen and oxygen atoms in total. The first-order valence-electron chi connectivity index (χ1n) is 4.63. The van der Waals surface area contributed by atoms with Gasteiger partial charge in [-0.1, -0.05) is 12.1 Å². The van der Waals surface area contributed by atoms with E-state index in [-0.39, 0.29) is 17.9 Å². The maximum Gasteiger partial charge on any atom is 0.440 e. The zero-order valence-corrected chi connectivity index (χ0v) is 8.73. The highest BCUT2D eigenvalue weighted by Gasteiger charge is 2.10. The third-order valence-corrected chi connectivity index (χ3v) is 1.67. The van der Waals surface area contributed by atoms with Crippen molar-refractivity contribution in [3.8, 4) is 5.75 Å². The highest BCUT2D eigenvalue weighted by molar-refractivity contribution is 5.95. The first kappa shape index (κ1) is 11.8. The zero-order chi connectivity index (χ0) is 12.0. The largest absolute Gasteiger partial charge is 0.448 e. The van der Waals surface area contributed by atoms with Gasteiger partial charge in [-0.3, -0.25) is 4.79 Å². The molecule has 1 aromatic carbocycles. The molecule has 0 fully saturated rings. The van der Waals surface area contributed by atoms with E-state index in [2.05, 4.69) is 4.74 Å². The molecule has 0 atom stereocenters. The molecule has 0 unspecified atom stereocenters. The lowest BCUT2D eigenvalue weighted by atomic mass is 10.2. The van der Waals surface area contributed by atoms with Gasteiger partial charge >= 0.3 is 6.09 Å². The number of nitrogens with two attached hydrogens (primary N) is 1. The van der Waals surface area contributed by atoms with Crippen LogP contribution in [0.4, 0.5) is 4.79 Å². The molecular formula is C10H12N2O4. The van der Waals surface area contributed by atoms with Crippen LogP contribution >= 0.6 is 0 Å². The number of ether oxygens (including phenoxy) is 1. The van der Waals surface area contributed by atoms with Crippen LogP contribution < -0.4 is 16.1 Å². The van der Waals surface area contributed by atoms with Crippen LogP contribution in [-0.4, -0.2) is 18.6 Å². The van der Waals surface area contributed by atoms with Crippen LogP contribution in [0, 0.1) is 0 Å². The average Bonchev–Trinajstić information content (AvgIpc) is 2.27. The number of carbonyl (C=O) groups excluding carboxylic acids is 2. The molecule has 1 aromatic rings. The highest BCUT2D eigenvalue weighted by atomic mass is 16.7. The molecule has 0 saturated heterocycles. The quantitative estimate of drug-likeness (QED) is 0.741. The van der Waals surface area contributed by atoms with E-state index in [1.807, 2.05) is 5.48 Å². The van der Waals surface area contributed by atoms with Crippen molar-refractivity contribution in [3.63, 3.8) is 0 Å². The van der Waals surface area contributed by atoms with Crippen LogP contribution in [0.3, 0.4) is 0 Å². The lowest BCUT2D eigenvalue weighted by Crippen LogP contribution is -2.28. The smallest absolute Gasteiger partial charge is 0.440 e. The fourth-order valence-corrected chi connectivity index (χ4v) is 1.02. The second-order valence-corrected chi connectivity index (χ2v) is 2.79. The Bertz CT molecular complexity index is 392. The van der Waals surface area contributed by atoms with Gasteiger partial charge in [-0.25, -0.2) is 4.79 Å². The maximum atomic E-state index is 11.0. The number of rotatable bonds is 4. The van der Waals surface area contributed by atoms with E-state index in [1.54, 1.807) is 19.1 Å². The Balaban J connectivity index is 2.66. The van der Waals surface area contributed by atoms with E-state index in [4.69, 9.17) is 10.6 Å². The summed E-state index contributed by atoms with van der Waals surface area (Å²) in [4.78, 5) is 26.8. The number of amides is 2. The standard InChI is InChI=1S/C10H12N2O4/c1-2-15-10(14)12-16-8-6-4-3-5-7(8)9(11)13/h3-6H,2H2,1H3,(H2,11,13)(H,12,14). The molecule has 6 heteroatoms. The van der Waals surface area contributed by atoms with Crippen LogP contribution in [0.15, 0.2) is 24.3 Å². The van der Waals surface area contributed by atoms with E-state index in [9.17, 15) is 9.59 Å². The molecule has 0 heterocycles. The minimum atomic E-state index is -0.734. The first-order chi connectivity index (χ1) is 7.65. The molecule has 0 aliphatic heterocycles. The number of primary amides is 1. The molecule has 0 bridgehead atoms. The monoisotopic (exact) mass is 224 g/mol. The van der Waals surface area contributed by atoms with Gasteiger partial charge in [0, 0.05) is 0 Å². The SMILES string of the molecule is CCOC(=O)NOc1ccccc1C(N)=O. The van der Waals surface area contributed by atoms with Crippen molar-refractivity contribution < 1.29 is 19.2 Å². The van der Waals surface area contributed by atoms with Crippen molar-refractivity contribution in [3.05, 3.63) is 29.8 Å². The Morgan fingerprint density at radius 2 is 2.06 bits per heavy atom. The van der Waals surface area contributed by atoms with E-state index >= 15 is 0 Å². The van der Waals surface area contributed by atoms with E-state index < -0.39 is 12.0 Å². The number of hydrogen-bond acceptors (Lipinski definition) is 4. The summed E-state index contributed by atoms with van der Waals surface area (Å²) in [7, 11) is 0. The Hall–Kier alpha value is -2.24. The molecule has 1 rings (SSSR count). The number of carbonyl (C=O) groups is 2. The minimum Gasteiger partial charge on any atom is -0.448 e. The van der Waals surface area contributed by atoms with Gasteiger partial charge in [-0.15, -0.1) is 0 Å². The molecule has 0 aliphatic rings. The lowest BCUT2D eigenvalue weighted by Gasteiger charge is -2.08. The van der Waals surface area contributed by atoms with Gasteiger partial charge in [0.1, 0.15) is 0 Å². The summed E-state index contributed by atoms with van der Waals surface area (Å²) >= 11 is 0. The van der Waals surface area contributed by atoms with Gasteiger partial charge < -0.3 is 15.3 Å². The topological polar surface area (TPSA) is 90.7 Å². The summed E-state index contributed by atoms with van der Waals surface area (Å²) in [5.41, 5.74) is 7.32. The molecule has 0 spiro atoms. The Labute approximate surface area is 92.3 Å². The fraction of sp³-hybridized carbons (Fsp3) is 0.200. The van der Waals surface area contributed by atoms with Crippen molar-refractivity contribution in [1.29, 1.82) is 0 Å². The third kappa shape index (κ3) is 3.16. The third-order valence-electron chi connectivity index (χ3n) is 1.67. The normalized spacial score (nSPS) is 9.31. The van der Waals surface area contributed by atoms with E-state index in [1.165, 1.54) is 12.1 Å². The van der Waals surface area contributed by atoms with Gasteiger partial charge in [0.15, 0.2) is 5.75 Å². The minimum absolute atomic E-state index is 0.169. The van der Waals surface area contributed by atoms with Gasteiger partial charge in [0.25, 0.3) is 5.91 Å². The van der Waals surface area contributed by atoms with Crippen molar-refractivity contribution in [2.24, 2.45) is 5.73 Å². The highest BCUT2D eigenvalue weighted by Crippen LogP contribution is 2.15. The average molecular weight is 224 g/mol. The van der Waals surface area contributed by atoms with Crippen LogP contribution in [0.5, 0.6) is 5.75 Å². The summed E-state index contributed by atoms with van der Waals surface area (Å²) in [5, 5.41) is 0. The van der Waals surface area contributed by atoms with E-state index in [0.29, 0.717) is 0 Å². The van der Waals surface area contributed by atoms with Gasteiger partial charge in [-0.2, -0.15) is 5.48 Å². The molecule has 16 heavy (non-hydrogen) atoms. The van der Waals surface area contributed by atoms with Gasteiger partial charge in [0.2, 0.25) is 0 Å². The summed E-state index contributed by atoms with van der Waals surface area (Å²) in [6.07, 6.45) is -0.734. The molecule has 0 aliphatic carbocycles. The van der Waals surface area contributed by atoms with Crippen molar-refractivity contribution >= 4 is 12.0 Å².